The number of halogens is 1. The molecule has 0 bridgehead atoms. The fraction of sp³-hybridized carbons (Fsp3) is 0.556. The standard InChI is InChI=1S/C27H39ClN2O2/c1-5-7-8-18-29(3)27(21-10-9-11-24(31)19-21)16-14-23(15-17-27)30(6-2)25-13-12-22(28)20-26(25)32-4/h9-13,19-20,23,31H,5-8,14-18H2,1-4H3. The van der Waals surface area contributed by atoms with Crippen LogP contribution in [-0.2, 0) is 5.54 Å². The lowest BCUT2D eigenvalue weighted by molar-refractivity contribution is 0.0639. The van der Waals surface area contributed by atoms with Crippen LogP contribution < -0.4 is 9.64 Å². The van der Waals surface area contributed by atoms with Gasteiger partial charge in [-0.1, -0.05) is 43.5 Å². The zero-order valence-electron chi connectivity index (χ0n) is 20.1. The summed E-state index contributed by atoms with van der Waals surface area (Å²) in [5.41, 5.74) is 2.32. The van der Waals surface area contributed by atoms with Crippen molar-refractivity contribution in [2.75, 3.05) is 32.1 Å². The monoisotopic (exact) mass is 458 g/mol. The molecular formula is C27H39ClN2O2. The molecule has 0 saturated heterocycles. The predicted octanol–water partition coefficient (Wildman–Crippen LogP) is 6.84. The summed E-state index contributed by atoms with van der Waals surface area (Å²) >= 11 is 6.21. The van der Waals surface area contributed by atoms with Crippen LogP contribution >= 0.6 is 11.6 Å². The first-order chi connectivity index (χ1) is 15.4. The van der Waals surface area contributed by atoms with Crippen molar-refractivity contribution < 1.29 is 9.84 Å². The smallest absolute Gasteiger partial charge is 0.143 e. The van der Waals surface area contributed by atoms with E-state index in [2.05, 4.69) is 42.8 Å². The molecule has 1 saturated carbocycles. The maximum absolute atomic E-state index is 10.2. The Bertz CT molecular complexity index is 864. The van der Waals surface area contributed by atoms with Crippen molar-refractivity contribution in [2.24, 2.45) is 0 Å². The highest BCUT2D eigenvalue weighted by atomic mass is 35.5. The fourth-order valence-electron chi connectivity index (χ4n) is 5.40. The van der Waals surface area contributed by atoms with Gasteiger partial charge in [0.05, 0.1) is 12.8 Å². The lowest BCUT2D eigenvalue weighted by Crippen LogP contribution is -2.50. The predicted molar refractivity (Wildman–Crippen MR) is 135 cm³/mol. The second-order valence-corrected chi connectivity index (χ2v) is 9.48. The number of nitrogens with zero attached hydrogens (tertiary/aromatic N) is 2. The Kier molecular flexibility index (Phi) is 8.72. The molecule has 0 heterocycles. The van der Waals surface area contributed by atoms with Crippen LogP contribution in [0.2, 0.25) is 5.02 Å². The second-order valence-electron chi connectivity index (χ2n) is 9.04. The highest BCUT2D eigenvalue weighted by molar-refractivity contribution is 6.30. The van der Waals surface area contributed by atoms with E-state index in [1.807, 2.05) is 24.3 Å². The molecule has 0 atom stereocenters. The molecule has 0 spiro atoms. The van der Waals surface area contributed by atoms with E-state index in [1.54, 1.807) is 13.2 Å². The van der Waals surface area contributed by atoms with E-state index in [0.29, 0.717) is 16.8 Å². The Morgan fingerprint density at radius 2 is 1.84 bits per heavy atom. The van der Waals surface area contributed by atoms with Crippen LogP contribution in [0.1, 0.15) is 64.4 Å². The average molecular weight is 459 g/mol. The Hall–Kier alpha value is -1.91. The van der Waals surface area contributed by atoms with Gasteiger partial charge in [-0.25, -0.2) is 0 Å². The number of aromatic hydroxyl groups is 1. The lowest BCUT2D eigenvalue weighted by Gasteiger charge is -2.49. The van der Waals surface area contributed by atoms with Crippen molar-refractivity contribution in [2.45, 2.75) is 70.4 Å². The van der Waals surface area contributed by atoms with Gasteiger partial charge < -0.3 is 14.7 Å². The fourth-order valence-corrected chi connectivity index (χ4v) is 5.57. The van der Waals surface area contributed by atoms with Gasteiger partial charge in [-0.2, -0.15) is 0 Å². The largest absolute Gasteiger partial charge is 0.508 e. The third kappa shape index (κ3) is 5.35. The summed E-state index contributed by atoms with van der Waals surface area (Å²) in [6.45, 7) is 6.47. The van der Waals surface area contributed by atoms with E-state index in [0.717, 1.165) is 50.2 Å². The molecule has 0 amide bonds. The summed E-state index contributed by atoms with van der Waals surface area (Å²) in [7, 11) is 3.97. The van der Waals surface area contributed by atoms with E-state index in [4.69, 9.17) is 16.3 Å². The highest BCUT2D eigenvalue weighted by Gasteiger charge is 2.41. The van der Waals surface area contributed by atoms with E-state index < -0.39 is 0 Å². The van der Waals surface area contributed by atoms with Crippen molar-refractivity contribution >= 4 is 17.3 Å². The topological polar surface area (TPSA) is 35.9 Å². The number of rotatable bonds is 10. The Morgan fingerprint density at radius 1 is 1.09 bits per heavy atom. The number of anilines is 1. The van der Waals surface area contributed by atoms with Gasteiger partial charge in [0.25, 0.3) is 0 Å². The minimum atomic E-state index is -0.0352. The summed E-state index contributed by atoms with van der Waals surface area (Å²) in [5.74, 6) is 1.19. The molecule has 1 aliphatic carbocycles. The van der Waals surface area contributed by atoms with E-state index >= 15 is 0 Å². The van der Waals surface area contributed by atoms with Gasteiger partial charge in [0.2, 0.25) is 0 Å². The summed E-state index contributed by atoms with van der Waals surface area (Å²) in [6, 6.07) is 14.3. The maximum Gasteiger partial charge on any atom is 0.143 e. The van der Waals surface area contributed by atoms with Crippen LogP contribution in [0.15, 0.2) is 42.5 Å². The Balaban J connectivity index is 1.84. The summed E-state index contributed by atoms with van der Waals surface area (Å²) < 4.78 is 5.65. The van der Waals surface area contributed by atoms with Gasteiger partial charge in [0.15, 0.2) is 0 Å². The molecule has 1 fully saturated rings. The molecule has 176 valence electrons. The number of phenols is 1. The van der Waals surface area contributed by atoms with E-state index in [9.17, 15) is 5.11 Å². The van der Waals surface area contributed by atoms with Crippen molar-refractivity contribution in [3.8, 4) is 11.5 Å². The molecule has 2 aromatic carbocycles. The lowest BCUT2D eigenvalue weighted by atomic mass is 9.73. The van der Waals surface area contributed by atoms with Gasteiger partial charge >= 0.3 is 0 Å². The normalized spacial score (nSPS) is 21.0. The average Bonchev–Trinajstić information content (AvgIpc) is 2.81. The summed E-state index contributed by atoms with van der Waals surface area (Å²) in [6.07, 6.45) is 8.00. The summed E-state index contributed by atoms with van der Waals surface area (Å²) in [5, 5.41) is 10.9. The number of benzene rings is 2. The molecule has 0 aromatic heterocycles. The first kappa shape index (κ1) is 24.7. The number of methoxy groups -OCH3 is 1. The van der Waals surface area contributed by atoms with Gasteiger partial charge in [0.1, 0.15) is 11.5 Å². The zero-order chi connectivity index (χ0) is 23.1. The van der Waals surface area contributed by atoms with Crippen LogP contribution in [0.4, 0.5) is 5.69 Å². The van der Waals surface area contributed by atoms with Gasteiger partial charge in [-0.3, -0.25) is 4.90 Å². The van der Waals surface area contributed by atoms with Crippen LogP contribution in [0, 0.1) is 0 Å². The van der Waals surface area contributed by atoms with Crippen molar-refractivity contribution in [3.05, 3.63) is 53.1 Å². The molecular weight excluding hydrogens is 420 g/mol. The minimum absolute atomic E-state index is 0.0352. The molecule has 0 aliphatic heterocycles. The summed E-state index contributed by atoms with van der Waals surface area (Å²) in [4.78, 5) is 5.02. The number of phenolic OH excluding ortho intramolecular Hbond substituents is 1. The first-order valence-corrected chi connectivity index (χ1v) is 12.4. The van der Waals surface area contributed by atoms with Crippen LogP contribution in [0.5, 0.6) is 11.5 Å². The molecule has 32 heavy (non-hydrogen) atoms. The molecule has 0 radical (unpaired) electrons. The third-order valence-corrected chi connectivity index (χ3v) is 7.46. The molecule has 3 rings (SSSR count). The number of ether oxygens (including phenoxy) is 1. The first-order valence-electron chi connectivity index (χ1n) is 12.1. The molecule has 1 N–H and O–H groups in total. The van der Waals surface area contributed by atoms with Crippen LogP contribution in [0.25, 0.3) is 0 Å². The Labute approximate surface area is 199 Å². The number of unbranched alkanes of at least 4 members (excludes halogenated alkanes) is 2. The zero-order valence-corrected chi connectivity index (χ0v) is 20.9. The molecule has 5 heteroatoms. The third-order valence-electron chi connectivity index (χ3n) is 7.23. The van der Waals surface area contributed by atoms with Crippen LogP contribution in [-0.4, -0.2) is 43.3 Å². The molecule has 4 nitrogen and oxygen atoms in total. The van der Waals surface area contributed by atoms with Crippen molar-refractivity contribution in [3.63, 3.8) is 0 Å². The van der Waals surface area contributed by atoms with E-state index in [-0.39, 0.29) is 5.54 Å². The van der Waals surface area contributed by atoms with Crippen molar-refractivity contribution in [1.29, 1.82) is 0 Å². The molecule has 1 aliphatic rings. The van der Waals surface area contributed by atoms with Gasteiger partial charge in [-0.05, 0) is 82.4 Å². The molecule has 0 unspecified atom stereocenters. The number of hydrogen-bond acceptors (Lipinski definition) is 4. The number of hydrogen-bond donors (Lipinski definition) is 1. The van der Waals surface area contributed by atoms with Gasteiger partial charge in [-0.15, -0.1) is 0 Å². The quantitative estimate of drug-likeness (QED) is 0.395. The van der Waals surface area contributed by atoms with Gasteiger partial charge in [0, 0.05) is 29.2 Å². The maximum atomic E-state index is 10.2. The van der Waals surface area contributed by atoms with Crippen LogP contribution in [0.3, 0.4) is 0 Å². The minimum Gasteiger partial charge on any atom is -0.508 e. The molecule has 2 aromatic rings. The van der Waals surface area contributed by atoms with E-state index in [1.165, 1.54) is 24.8 Å². The second kappa shape index (κ2) is 11.3. The van der Waals surface area contributed by atoms with Crippen molar-refractivity contribution in [1.82, 2.24) is 4.90 Å². The Morgan fingerprint density at radius 3 is 2.47 bits per heavy atom. The highest BCUT2D eigenvalue weighted by Crippen LogP contribution is 2.45. The SMILES string of the molecule is CCCCCN(C)C1(c2cccc(O)c2)CCC(N(CC)c2ccc(Cl)cc2OC)CC1.